The fourth-order valence-electron chi connectivity index (χ4n) is 5.70. The third-order valence-electron chi connectivity index (χ3n) is 7.99. The monoisotopic (exact) mass is 572 g/mol. The Kier molecular flexibility index (Phi) is 11.4. The number of ether oxygens (including phenoxy) is 3. The number of hydrogen-bond acceptors (Lipinski definition) is 7. The predicted octanol–water partition coefficient (Wildman–Crippen LogP) is 3.44. The molecule has 2 saturated heterocycles. The number of rotatable bonds is 10. The summed E-state index contributed by atoms with van der Waals surface area (Å²) in [5.74, 6) is -0.221. The number of piperidine rings is 1. The summed E-state index contributed by atoms with van der Waals surface area (Å²) in [6.45, 7) is 8.65. The largest absolute Gasteiger partial charge is 0.444 e. The van der Waals surface area contributed by atoms with Gasteiger partial charge >= 0.3 is 6.09 Å². The van der Waals surface area contributed by atoms with E-state index >= 15 is 0 Å². The highest BCUT2D eigenvalue weighted by Gasteiger charge is 2.39. The maximum absolute atomic E-state index is 13.5. The molecule has 41 heavy (non-hydrogen) atoms. The lowest BCUT2D eigenvalue weighted by molar-refractivity contribution is -0.133. The first kappa shape index (κ1) is 31.3. The van der Waals surface area contributed by atoms with Crippen molar-refractivity contribution in [3.8, 4) is 0 Å². The van der Waals surface area contributed by atoms with Crippen molar-refractivity contribution in [2.24, 2.45) is 5.92 Å². The summed E-state index contributed by atoms with van der Waals surface area (Å²) >= 11 is 0. The Morgan fingerprint density at radius 1 is 1.02 bits per heavy atom. The predicted molar refractivity (Wildman–Crippen MR) is 155 cm³/mol. The number of carbonyl (C=O) groups is 3. The molecule has 2 atom stereocenters. The topological polar surface area (TPSA) is 109 Å². The van der Waals surface area contributed by atoms with Crippen molar-refractivity contribution < 1.29 is 28.6 Å². The van der Waals surface area contributed by atoms with Crippen molar-refractivity contribution in [1.82, 2.24) is 20.4 Å². The number of carbonyl (C=O) groups excluding carboxylic acids is 3. The number of likely N-dealkylation sites (tertiary alicyclic amines) is 1. The van der Waals surface area contributed by atoms with Crippen LogP contribution in [0.15, 0.2) is 30.3 Å². The maximum atomic E-state index is 13.5. The van der Waals surface area contributed by atoms with E-state index in [0.29, 0.717) is 12.5 Å². The molecule has 0 unspecified atom stereocenters. The summed E-state index contributed by atoms with van der Waals surface area (Å²) in [5, 5.41) is 6.02. The normalized spacial score (nSPS) is 21.8. The van der Waals surface area contributed by atoms with Gasteiger partial charge < -0.3 is 24.8 Å². The van der Waals surface area contributed by atoms with E-state index in [1.807, 2.05) is 6.07 Å². The molecular weight excluding hydrogens is 524 g/mol. The van der Waals surface area contributed by atoms with Gasteiger partial charge in [-0.2, -0.15) is 0 Å². The Morgan fingerprint density at radius 3 is 2.41 bits per heavy atom. The molecule has 2 N–H and O–H groups in total. The molecule has 2 aliphatic heterocycles. The second-order valence-corrected chi connectivity index (χ2v) is 12.6. The molecule has 0 bridgehead atoms. The number of nitrogens with one attached hydrogen (secondary N) is 2. The van der Waals surface area contributed by atoms with Crippen LogP contribution in [0.4, 0.5) is 4.79 Å². The van der Waals surface area contributed by atoms with Crippen LogP contribution in [-0.4, -0.2) is 91.1 Å². The average molecular weight is 573 g/mol. The molecule has 3 fully saturated rings. The zero-order chi connectivity index (χ0) is 29.2. The molecule has 0 radical (unpaired) electrons. The van der Waals surface area contributed by atoms with Crippen molar-refractivity contribution >= 4 is 17.9 Å². The molecule has 1 aromatic carbocycles. The van der Waals surface area contributed by atoms with Crippen molar-refractivity contribution in [2.45, 2.75) is 96.0 Å². The van der Waals surface area contributed by atoms with Gasteiger partial charge in [-0.1, -0.05) is 49.6 Å². The minimum absolute atomic E-state index is 0.0281. The van der Waals surface area contributed by atoms with Crippen LogP contribution < -0.4 is 10.6 Å². The highest BCUT2D eigenvalue weighted by molar-refractivity contribution is 5.91. The van der Waals surface area contributed by atoms with E-state index in [1.54, 1.807) is 20.8 Å². The number of nitrogens with zero attached hydrogens (tertiary/aromatic N) is 2. The van der Waals surface area contributed by atoms with Gasteiger partial charge in [0.1, 0.15) is 24.4 Å². The van der Waals surface area contributed by atoms with Crippen molar-refractivity contribution in [3.63, 3.8) is 0 Å². The average Bonchev–Trinajstić information content (AvgIpc) is 3.44. The molecule has 1 saturated carbocycles. The maximum Gasteiger partial charge on any atom is 0.412 e. The van der Waals surface area contributed by atoms with E-state index in [2.05, 4.69) is 39.8 Å². The highest BCUT2D eigenvalue weighted by atomic mass is 16.6. The number of amides is 3. The molecule has 0 spiro atoms. The lowest BCUT2D eigenvalue weighted by Gasteiger charge is -2.33. The van der Waals surface area contributed by atoms with Crippen LogP contribution >= 0.6 is 0 Å². The van der Waals surface area contributed by atoms with Gasteiger partial charge in [0, 0.05) is 32.3 Å². The molecular formula is C31H48N4O6. The van der Waals surface area contributed by atoms with Crippen LogP contribution in [-0.2, 0) is 30.3 Å². The molecule has 4 rings (SSSR count). The first-order valence-corrected chi connectivity index (χ1v) is 15.2. The first-order chi connectivity index (χ1) is 19.7. The Hall–Kier alpha value is -2.69. The van der Waals surface area contributed by atoms with Crippen LogP contribution in [0.1, 0.15) is 71.3 Å². The summed E-state index contributed by atoms with van der Waals surface area (Å²) in [6, 6.07) is 8.68. The van der Waals surface area contributed by atoms with Crippen LogP contribution in [0.3, 0.4) is 0 Å². The molecule has 228 valence electrons. The number of hydrogen-bond donors (Lipinski definition) is 2. The Bertz CT molecular complexity index is 986. The Labute approximate surface area is 244 Å². The van der Waals surface area contributed by atoms with E-state index in [4.69, 9.17) is 14.2 Å². The Balaban J connectivity index is 1.32. The molecule has 10 nitrogen and oxygen atoms in total. The molecule has 10 heteroatoms. The van der Waals surface area contributed by atoms with Gasteiger partial charge in [0.15, 0.2) is 0 Å². The van der Waals surface area contributed by atoms with E-state index < -0.39 is 29.7 Å². The third-order valence-corrected chi connectivity index (χ3v) is 7.99. The molecule has 1 aromatic rings. The molecule has 2 heterocycles. The van der Waals surface area contributed by atoms with E-state index in [9.17, 15) is 14.4 Å². The fraction of sp³-hybridized carbons (Fsp3) is 0.710. The third kappa shape index (κ3) is 9.97. The molecule has 3 amide bonds. The smallest absolute Gasteiger partial charge is 0.412 e. The second kappa shape index (κ2) is 15.0. The van der Waals surface area contributed by atoms with Crippen LogP contribution in [0.5, 0.6) is 0 Å². The molecule has 1 aliphatic carbocycles. The van der Waals surface area contributed by atoms with Crippen LogP contribution in [0.2, 0.25) is 0 Å². The van der Waals surface area contributed by atoms with Gasteiger partial charge in [-0.25, -0.2) is 4.79 Å². The van der Waals surface area contributed by atoms with Crippen molar-refractivity contribution in [3.05, 3.63) is 35.9 Å². The minimum Gasteiger partial charge on any atom is -0.444 e. The highest BCUT2D eigenvalue weighted by Crippen LogP contribution is 2.24. The molecule has 3 aliphatic rings. The van der Waals surface area contributed by atoms with Crippen LogP contribution in [0.25, 0.3) is 0 Å². The van der Waals surface area contributed by atoms with E-state index in [0.717, 1.165) is 45.3 Å². The van der Waals surface area contributed by atoms with E-state index in [1.165, 1.54) is 29.7 Å². The number of benzene rings is 1. The summed E-state index contributed by atoms with van der Waals surface area (Å²) in [7, 11) is 0. The SMILES string of the molecule is CC(C)(C)OC(=O)N1COC[C@H]1C(=O)N[C@@H](COCC1CCCCC1)C(=O)NC1CCN(Cc2ccccc2)CC1. The fourth-order valence-corrected chi connectivity index (χ4v) is 5.70. The lowest BCUT2D eigenvalue weighted by Crippen LogP contribution is -2.57. The molecule has 0 aromatic heterocycles. The van der Waals surface area contributed by atoms with E-state index in [-0.39, 0.29) is 31.9 Å². The summed E-state index contributed by atoms with van der Waals surface area (Å²) in [6.07, 6.45) is 7.01. The van der Waals surface area contributed by atoms with Gasteiger partial charge in [0.25, 0.3) is 0 Å². The summed E-state index contributed by atoms with van der Waals surface area (Å²) in [4.78, 5) is 43.1. The van der Waals surface area contributed by atoms with Crippen molar-refractivity contribution in [1.29, 1.82) is 0 Å². The standard InChI is InChI=1S/C31H48N4O6/c1-31(2,3)41-30(38)35-22-40-21-27(35)29(37)33-26(20-39-19-24-12-8-5-9-13-24)28(36)32-25-14-16-34(17-15-25)18-23-10-6-4-7-11-23/h4,6-7,10-11,24-27H,5,8-9,12-22H2,1-3H3,(H,32,36)(H,33,37)/t26-,27-/m0/s1. The zero-order valence-electron chi connectivity index (χ0n) is 24.9. The van der Waals surface area contributed by atoms with Gasteiger partial charge in [-0.05, 0) is 57.9 Å². The van der Waals surface area contributed by atoms with Gasteiger partial charge in [0.2, 0.25) is 11.8 Å². The second-order valence-electron chi connectivity index (χ2n) is 12.6. The van der Waals surface area contributed by atoms with Gasteiger partial charge in [-0.15, -0.1) is 0 Å². The zero-order valence-corrected chi connectivity index (χ0v) is 24.9. The lowest BCUT2D eigenvalue weighted by atomic mass is 9.90. The first-order valence-electron chi connectivity index (χ1n) is 15.2. The quantitative estimate of drug-likeness (QED) is 0.442. The summed E-state index contributed by atoms with van der Waals surface area (Å²) in [5.41, 5.74) is 0.580. The summed E-state index contributed by atoms with van der Waals surface area (Å²) < 4.78 is 16.9. The van der Waals surface area contributed by atoms with Crippen molar-refractivity contribution in [2.75, 3.05) is 39.6 Å². The van der Waals surface area contributed by atoms with Crippen LogP contribution in [0, 0.1) is 5.92 Å². The Morgan fingerprint density at radius 2 is 1.73 bits per heavy atom. The minimum atomic E-state index is -0.875. The van der Waals surface area contributed by atoms with Gasteiger partial charge in [-0.3, -0.25) is 19.4 Å². The van der Waals surface area contributed by atoms with Gasteiger partial charge in [0.05, 0.1) is 13.2 Å².